The predicted molar refractivity (Wildman–Crippen MR) is 149 cm³/mol. The minimum atomic E-state index is -1.05. The van der Waals surface area contributed by atoms with Crippen molar-refractivity contribution >= 4 is 11.6 Å². The number of aryl methyl sites for hydroxylation is 1. The van der Waals surface area contributed by atoms with E-state index in [1.165, 1.54) is 0 Å². The summed E-state index contributed by atoms with van der Waals surface area (Å²) in [4.78, 5) is 32.7. The minimum absolute atomic E-state index is 0.0864. The van der Waals surface area contributed by atoms with Gasteiger partial charge in [-0.15, -0.1) is 0 Å². The Morgan fingerprint density at radius 3 is 2.40 bits per heavy atom. The summed E-state index contributed by atoms with van der Waals surface area (Å²) in [7, 11) is 0. The molecule has 7 nitrogen and oxygen atoms in total. The smallest absolute Gasteiger partial charge is 0.233 e. The van der Waals surface area contributed by atoms with Gasteiger partial charge in [0.2, 0.25) is 5.89 Å². The normalized spacial score (nSPS) is 45.7. The van der Waals surface area contributed by atoms with Gasteiger partial charge in [-0.25, -0.2) is 0 Å². The molecule has 6 rings (SSSR count). The number of carbonyl (C=O) groups is 2. The van der Waals surface area contributed by atoms with Crippen molar-refractivity contribution in [2.45, 2.75) is 98.8 Å². The monoisotopic (exact) mass is 545 g/mol. The SMILES string of the molecule is Cc1noc([C@]23CCC(C)(C)CC2C2C(=O)C=C4[C@@]5(C)C=C(C#N)C(=O)[C@@](C)(CO)[C@@H]5CC[C@@]4(C)[C@]2(C)CC3)n1. The molecule has 0 bridgehead atoms. The van der Waals surface area contributed by atoms with Crippen LogP contribution in [0.3, 0.4) is 0 Å². The van der Waals surface area contributed by atoms with E-state index in [0.29, 0.717) is 11.7 Å². The number of allylic oxidation sites excluding steroid dienone is 4. The van der Waals surface area contributed by atoms with E-state index < -0.39 is 10.8 Å². The molecule has 0 saturated heterocycles. The second-order valence-corrected chi connectivity index (χ2v) is 15.4. The van der Waals surface area contributed by atoms with Crippen LogP contribution < -0.4 is 0 Å². The molecule has 0 amide bonds. The Morgan fingerprint density at radius 1 is 1.07 bits per heavy atom. The number of hydrogen-bond donors (Lipinski definition) is 1. The maximum Gasteiger partial charge on any atom is 0.233 e. The third-order valence-corrected chi connectivity index (χ3v) is 13.0. The summed E-state index contributed by atoms with van der Waals surface area (Å²) < 4.78 is 5.89. The summed E-state index contributed by atoms with van der Waals surface area (Å²) in [5, 5.41) is 24.6. The molecule has 1 aromatic rings. The Bertz CT molecular complexity index is 1410. The minimum Gasteiger partial charge on any atom is -0.395 e. The average Bonchev–Trinajstić information content (AvgIpc) is 3.34. The number of hydrogen-bond acceptors (Lipinski definition) is 7. The van der Waals surface area contributed by atoms with E-state index in [1.54, 1.807) is 6.92 Å². The first-order chi connectivity index (χ1) is 18.6. The van der Waals surface area contributed by atoms with Crippen LogP contribution in [0.2, 0.25) is 0 Å². The molecule has 7 heteroatoms. The number of aliphatic hydroxyl groups excluding tert-OH is 1. The maximum atomic E-state index is 14.6. The Balaban J connectivity index is 1.54. The Labute approximate surface area is 237 Å². The quantitative estimate of drug-likeness (QED) is 0.497. The molecule has 0 aromatic carbocycles. The van der Waals surface area contributed by atoms with Gasteiger partial charge in [-0.2, -0.15) is 10.2 Å². The van der Waals surface area contributed by atoms with E-state index in [9.17, 15) is 20.0 Å². The summed E-state index contributed by atoms with van der Waals surface area (Å²) in [6.45, 7) is 14.7. The standard InChI is InChI=1S/C33H43N3O4/c1-19-35-27(40-36-19)33-12-10-28(2,3)16-21(33)25-22(38)14-24-29(4)15-20(17-34)26(39)30(5,18-37)23(29)8-9-31(24,6)32(25,7)11-13-33/h14-15,21,23,25,37H,8-13,16,18H2,1-7H3/t21?,23-,25?,29+,30+,31-,32-,33+/m1/s1. The van der Waals surface area contributed by atoms with Crippen LogP contribution in [0, 0.1) is 63.1 Å². The second kappa shape index (κ2) is 8.25. The van der Waals surface area contributed by atoms with Crippen molar-refractivity contribution in [3.63, 3.8) is 0 Å². The zero-order valence-corrected chi connectivity index (χ0v) is 25.1. The highest BCUT2D eigenvalue weighted by atomic mass is 16.5. The fourth-order valence-corrected chi connectivity index (χ4v) is 10.5. The Hall–Kier alpha value is -2.59. The molecule has 40 heavy (non-hydrogen) atoms. The molecule has 0 spiro atoms. The molecule has 5 aliphatic rings. The summed E-state index contributed by atoms with van der Waals surface area (Å²) in [6, 6.07) is 2.12. The molecule has 3 saturated carbocycles. The van der Waals surface area contributed by atoms with Crippen LogP contribution in [0.1, 0.15) is 98.2 Å². The van der Waals surface area contributed by atoms with Crippen LogP contribution >= 0.6 is 0 Å². The van der Waals surface area contributed by atoms with E-state index in [1.807, 2.05) is 19.1 Å². The number of aromatic nitrogens is 2. The van der Waals surface area contributed by atoms with Crippen molar-refractivity contribution < 1.29 is 19.2 Å². The van der Waals surface area contributed by atoms with E-state index in [0.717, 1.165) is 50.5 Å². The zero-order valence-electron chi connectivity index (χ0n) is 25.1. The highest BCUT2D eigenvalue weighted by Crippen LogP contribution is 2.74. The molecular formula is C33H43N3O4. The lowest BCUT2D eigenvalue weighted by Gasteiger charge is -2.68. The third kappa shape index (κ3) is 3.20. The maximum absolute atomic E-state index is 14.6. The largest absolute Gasteiger partial charge is 0.395 e. The van der Waals surface area contributed by atoms with Crippen LogP contribution in [-0.4, -0.2) is 33.4 Å². The fraction of sp³-hybridized carbons (Fsp3) is 0.727. The first-order valence-electron chi connectivity index (χ1n) is 15.0. The van der Waals surface area contributed by atoms with Crippen LogP contribution in [0.15, 0.2) is 27.8 Å². The first kappa shape index (κ1) is 27.6. The van der Waals surface area contributed by atoms with Gasteiger partial charge in [-0.05, 0) is 93.0 Å². The van der Waals surface area contributed by atoms with Crippen LogP contribution in [0.25, 0.3) is 0 Å². The topological polar surface area (TPSA) is 117 Å². The lowest BCUT2D eigenvalue weighted by molar-refractivity contribution is -0.163. The number of aliphatic hydroxyl groups is 1. The number of nitriles is 1. The van der Waals surface area contributed by atoms with Crippen molar-refractivity contribution in [3.8, 4) is 6.07 Å². The van der Waals surface area contributed by atoms with Crippen molar-refractivity contribution in [2.75, 3.05) is 6.61 Å². The number of nitrogens with zero attached hydrogens (tertiary/aromatic N) is 3. The molecule has 5 aliphatic carbocycles. The van der Waals surface area contributed by atoms with Gasteiger partial charge in [0.05, 0.1) is 23.0 Å². The molecule has 1 aromatic heterocycles. The van der Waals surface area contributed by atoms with Gasteiger partial charge in [0.15, 0.2) is 17.4 Å². The first-order valence-corrected chi connectivity index (χ1v) is 15.0. The van der Waals surface area contributed by atoms with Gasteiger partial charge < -0.3 is 9.63 Å². The van der Waals surface area contributed by atoms with Crippen LogP contribution in [0.4, 0.5) is 0 Å². The fourth-order valence-electron chi connectivity index (χ4n) is 10.5. The number of ketones is 2. The summed E-state index contributed by atoms with van der Waals surface area (Å²) in [5.74, 6) is 0.919. The van der Waals surface area contributed by atoms with Crippen LogP contribution in [-0.2, 0) is 15.0 Å². The van der Waals surface area contributed by atoms with Gasteiger partial charge in [0.1, 0.15) is 6.07 Å². The summed E-state index contributed by atoms with van der Waals surface area (Å²) >= 11 is 0. The summed E-state index contributed by atoms with van der Waals surface area (Å²) in [5.41, 5.74) is -1.40. The predicted octanol–water partition coefficient (Wildman–Crippen LogP) is 5.82. The third-order valence-electron chi connectivity index (χ3n) is 13.0. The lowest BCUT2D eigenvalue weighted by Crippen LogP contribution is -2.66. The molecular weight excluding hydrogens is 502 g/mol. The van der Waals surface area contributed by atoms with E-state index in [-0.39, 0.29) is 63.2 Å². The van der Waals surface area contributed by atoms with Gasteiger partial charge in [-0.1, -0.05) is 51.4 Å². The van der Waals surface area contributed by atoms with E-state index in [2.05, 4.69) is 45.8 Å². The van der Waals surface area contributed by atoms with Crippen molar-refractivity contribution in [2.24, 2.45) is 44.8 Å². The van der Waals surface area contributed by atoms with Crippen molar-refractivity contribution in [3.05, 3.63) is 35.0 Å². The van der Waals surface area contributed by atoms with Gasteiger partial charge in [-0.3, -0.25) is 9.59 Å². The summed E-state index contributed by atoms with van der Waals surface area (Å²) in [6.07, 6.45) is 9.98. The highest BCUT2D eigenvalue weighted by Gasteiger charge is 2.71. The molecule has 0 aliphatic heterocycles. The number of carbonyl (C=O) groups excluding carboxylic acids is 2. The van der Waals surface area contributed by atoms with Gasteiger partial charge >= 0.3 is 0 Å². The molecule has 1 N–H and O–H groups in total. The Kier molecular flexibility index (Phi) is 5.68. The molecule has 8 atom stereocenters. The van der Waals surface area contributed by atoms with Gasteiger partial charge in [0.25, 0.3) is 0 Å². The zero-order chi connectivity index (χ0) is 29.1. The molecule has 1 heterocycles. The Morgan fingerprint density at radius 2 is 1.77 bits per heavy atom. The second-order valence-electron chi connectivity index (χ2n) is 15.4. The van der Waals surface area contributed by atoms with E-state index >= 15 is 0 Å². The number of fused-ring (bicyclic) bond motifs is 7. The average molecular weight is 546 g/mol. The van der Waals surface area contributed by atoms with Gasteiger partial charge in [0, 0.05) is 11.3 Å². The molecule has 214 valence electrons. The number of rotatable bonds is 2. The van der Waals surface area contributed by atoms with E-state index in [4.69, 9.17) is 9.51 Å². The van der Waals surface area contributed by atoms with Crippen LogP contribution in [0.5, 0.6) is 0 Å². The highest BCUT2D eigenvalue weighted by molar-refractivity contribution is 6.05. The lowest BCUT2D eigenvalue weighted by atomic mass is 9.34. The molecule has 3 fully saturated rings. The number of Topliss-reactive ketones (excluding diaryl/α,β-unsaturated/α-hetero) is 1. The molecule has 2 unspecified atom stereocenters. The molecule has 0 radical (unpaired) electrons. The van der Waals surface area contributed by atoms with Crippen molar-refractivity contribution in [1.82, 2.24) is 10.1 Å². The van der Waals surface area contributed by atoms with Crippen molar-refractivity contribution in [1.29, 1.82) is 5.26 Å².